The van der Waals surface area contributed by atoms with Crippen molar-refractivity contribution in [3.8, 4) is 0 Å². The van der Waals surface area contributed by atoms with Crippen LogP contribution in [0.4, 0.5) is 19.1 Å². The standard InChI is InChI=1S/C16H22F3N5/c1-5-24-12(4)14(11(3)23-24)10(2)21-15-20-9-7-13(22-15)6-8-16(17,18)19/h7,9-10H,5-6,8H2,1-4H3,(H,20,21,22)/t10-/m1/s1. The number of aryl methyl sites for hydroxylation is 3. The van der Waals surface area contributed by atoms with Gasteiger partial charge >= 0.3 is 6.18 Å². The first-order valence-electron chi connectivity index (χ1n) is 7.90. The third kappa shape index (κ3) is 4.46. The average molecular weight is 341 g/mol. The van der Waals surface area contributed by atoms with Gasteiger partial charge in [-0.25, -0.2) is 9.97 Å². The maximum absolute atomic E-state index is 12.3. The van der Waals surface area contributed by atoms with E-state index in [0.717, 1.165) is 23.5 Å². The van der Waals surface area contributed by atoms with E-state index in [1.807, 2.05) is 32.4 Å². The van der Waals surface area contributed by atoms with Crippen LogP contribution in [0.2, 0.25) is 0 Å². The van der Waals surface area contributed by atoms with Crippen LogP contribution in [-0.2, 0) is 13.0 Å². The lowest BCUT2D eigenvalue weighted by molar-refractivity contribution is -0.134. The molecule has 0 aliphatic carbocycles. The highest BCUT2D eigenvalue weighted by Gasteiger charge is 2.26. The fourth-order valence-corrected chi connectivity index (χ4v) is 2.79. The molecule has 0 bridgehead atoms. The summed E-state index contributed by atoms with van der Waals surface area (Å²) in [5.74, 6) is 0.324. The molecule has 0 aliphatic rings. The monoisotopic (exact) mass is 341 g/mol. The third-order valence-corrected chi connectivity index (χ3v) is 3.89. The van der Waals surface area contributed by atoms with Crippen LogP contribution in [0.5, 0.6) is 0 Å². The zero-order valence-corrected chi connectivity index (χ0v) is 14.3. The molecule has 132 valence electrons. The quantitative estimate of drug-likeness (QED) is 0.863. The van der Waals surface area contributed by atoms with Crippen LogP contribution in [0.25, 0.3) is 0 Å². The lowest BCUT2D eigenvalue weighted by atomic mass is 10.1. The number of nitrogens with zero attached hydrogens (tertiary/aromatic N) is 4. The Balaban J connectivity index is 2.12. The highest BCUT2D eigenvalue weighted by molar-refractivity contribution is 5.36. The molecule has 0 unspecified atom stereocenters. The largest absolute Gasteiger partial charge is 0.389 e. The first kappa shape index (κ1) is 18.2. The molecular weight excluding hydrogens is 319 g/mol. The zero-order chi connectivity index (χ0) is 17.9. The molecule has 0 saturated heterocycles. The number of hydrogen-bond donors (Lipinski definition) is 1. The minimum absolute atomic E-state index is 0.0943. The van der Waals surface area contributed by atoms with Crippen molar-refractivity contribution in [1.82, 2.24) is 19.7 Å². The number of nitrogens with one attached hydrogen (secondary N) is 1. The van der Waals surface area contributed by atoms with E-state index in [0.29, 0.717) is 11.6 Å². The summed E-state index contributed by atoms with van der Waals surface area (Å²) < 4.78 is 38.9. The number of alkyl halides is 3. The minimum atomic E-state index is -4.19. The molecule has 1 N–H and O–H groups in total. The molecule has 0 saturated carbocycles. The Hall–Kier alpha value is -2.12. The zero-order valence-electron chi connectivity index (χ0n) is 14.3. The van der Waals surface area contributed by atoms with Crippen molar-refractivity contribution in [2.75, 3.05) is 5.32 Å². The average Bonchev–Trinajstić information content (AvgIpc) is 2.79. The Morgan fingerprint density at radius 2 is 2.00 bits per heavy atom. The predicted octanol–water partition coefficient (Wildman–Crippen LogP) is 3.98. The van der Waals surface area contributed by atoms with Crippen molar-refractivity contribution < 1.29 is 13.2 Å². The van der Waals surface area contributed by atoms with E-state index in [1.165, 1.54) is 12.3 Å². The van der Waals surface area contributed by atoms with Gasteiger partial charge in [0.05, 0.1) is 11.7 Å². The molecular formula is C16H22F3N5. The fourth-order valence-electron chi connectivity index (χ4n) is 2.79. The number of hydrogen-bond acceptors (Lipinski definition) is 4. The van der Waals surface area contributed by atoms with Crippen molar-refractivity contribution in [3.63, 3.8) is 0 Å². The van der Waals surface area contributed by atoms with Gasteiger partial charge in [0.1, 0.15) is 0 Å². The summed E-state index contributed by atoms with van der Waals surface area (Å²) in [5, 5.41) is 7.63. The van der Waals surface area contributed by atoms with Gasteiger partial charge in [-0.05, 0) is 40.2 Å². The first-order valence-corrected chi connectivity index (χ1v) is 7.90. The van der Waals surface area contributed by atoms with Crippen molar-refractivity contribution in [3.05, 3.63) is 34.9 Å². The van der Waals surface area contributed by atoms with E-state index in [2.05, 4.69) is 20.4 Å². The second kappa shape index (κ2) is 7.19. The van der Waals surface area contributed by atoms with E-state index in [-0.39, 0.29) is 12.5 Å². The van der Waals surface area contributed by atoms with E-state index in [1.54, 1.807) is 0 Å². The lowest BCUT2D eigenvalue weighted by Crippen LogP contribution is -2.13. The number of halogens is 3. The van der Waals surface area contributed by atoms with Crippen LogP contribution in [-0.4, -0.2) is 25.9 Å². The normalized spacial score (nSPS) is 13.1. The van der Waals surface area contributed by atoms with Crippen molar-refractivity contribution in [2.24, 2.45) is 0 Å². The molecule has 2 aromatic rings. The topological polar surface area (TPSA) is 55.6 Å². The molecule has 0 spiro atoms. The van der Waals surface area contributed by atoms with E-state index < -0.39 is 12.6 Å². The molecule has 8 heteroatoms. The fraction of sp³-hybridized carbons (Fsp3) is 0.562. The van der Waals surface area contributed by atoms with Gasteiger partial charge in [-0.2, -0.15) is 18.3 Å². The Kier molecular flexibility index (Phi) is 5.46. The molecule has 24 heavy (non-hydrogen) atoms. The maximum atomic E-state index is 12.3. The van der Waals surface area contributed by atoms with Crippen molar-refractivity contribution in [1.29, 1.82) is 0 Å². The Labute approximate surface area is 139 Å². The second-order valence-electron chi connectivity index (χ2n) is 5.75. The summed E-state index contributed by atoms with van der Waals surface area (Å²) in [5.41, 5.74) is 3.40. The van der Waals surface area contributed by atoms with Gasteiger partial charge in [0, 0.05) is 36.1 Å². The van der Waals surface area contributed by atoms with Gasteiger partial charge in [-0.15, -0.1) is 0 Å². The Morgan fingerprint density at radius 1 is 1.29 bits per heavy atom. The molecule has 1 atom stereocenters. The Morgan fingerprint density at radius 3 is 2.58 bits per heavy atom. The highest BCUT2D eigenvalue weighted by Crippen LogP contribution is 2.25. The first-order chi connectivity index (χ1) is 11.2. The highest BCUT2D eigenvalue weighted by atomic mass is 19.4. The second-order valence-corrected chi connectivity index (χ2v) is 5.75. The minimum Gasteiger partial charge on any atom is -0.348 e. The molecule has 0 fully saturated rings. The van der Waals surface area contributed by atoms with Crippen LogP contribution in [0, 0.1) is 13.8 Å². The van der Waals surface area contributed by atoms with Gasteiger partial charge in [0.2, 0.25) is 5.95 Å². The van der Waals surface area contributed by atoms with Gasteiger partial charge in [-0.3, -0.25) is 4.68 Å². The van der Waals surface area contributed by atoms with Crippen LogP contribution < -0.4 is 5.32 Å². The van der Waals surface area contributed by atoms with Crippen LogP contribution >= 0.6 is 0 Å². The SMILES string of the molecule is CCn1nc(C)c([C@@H](C)Nc2nccc(CCC(F)(F)F)n2)c1C. The summed E-state index contributed by atoms with van der Waals surface area (Å²) in [6, 6.07) is 1.41. The summed E-state index contributed by atoms with van der Waals surface area (Å²) >= 11 is 0. The molecule has 2 aromatic heterocycles. The van der Waals surface area contributed by atoms with Gasteiger partial charge in [0.25, 0.3) is 0 Å². The molecule has 2 rings (SSSR count). The lowest BCUT2D eigenvalue weighted by Gasteiger charge is -2.15. The molecule has 5 nitrogen and oxygen atoms in total. The van der Waals surface area contributed by atoms with Gasteiger partial charge in [0.15, 0.2) is 0 Å². The summed E-state index contributed by atoms with van der Waals surface area (Å²) in [7, 11) is 0. The summed E-state index contributed by atoms with van der Waals surface area (Å²) in [4.78, 5) is 8.28. The number of rotatable bonds is 6. The molecule has 0 radical (unpaired) electrons. The summed E-state index contributed by atoms with van der Waals surface area (Å²) in [6.45, 7) is 8.70. The number of aromatic nitrogens is 4. The van der Waals surface area contributed by atoms with E-state index >= 15 is 0 Å². The number of anilines is 1. The Bertz CT molecular complexity index is 694. The van der Waals surface area contributed by atoms with Gasteiger partial charge in [-0.1, -0.05) is 0 Å². The van der Waals surface area contributed by atoms with Crippen LogP contribution in [0.15, 0.2) is 12.3 Å². The molecule has 2 heterocycles. The third-order valence-electron chi connectivity index (χ3n) is 3.89. The predicted molar refractivity (Wildman–Crippen MR) is 85.8 cm³/mol. The van der Waals surface area contributed by atoms with E-state index in [4.69, 9.17) is 0 Å². The molecule has 0 amide bonds. The van der Waals surface area contributed by atoms with Gasteiger partial charge < -0.3 is 5.32 Å². The maximum Gasteiger partial charge on any atom is 0.389 e. The van der Waals surface area contributed by atoms with Crippen molar-refractivity contribution in [2.45, 2.75) is 59.3 Å². The summed E-state index contributed by atoms with van der Waals surface area (Å²) in [6.07, 6.45) is -3.75. The van der Waals surface area contributed by atoms with Crippen molar-refractivity contribution >= 4 is 5.95 Å². The van der Waals surface area contributed by atoms with Crippen LogP contribution in [0.3, 0.4) is 0 Å². The molecule has 0 aliphatic heterocycles. The molecule has 0 aromatic carbocycles. The van der Waals surface area contributed by atoms with Crippen LogP contribution in [0.1, 0.15) is 49.0 Å². The smallest absolute Gasteiger partial charge is 0.348 e. The van der Waals surface area contributed by atoms with E-state index in [9.17, 15) is 13.2 Å².